The third-order valence-corrected chi connectivity index (χ3v) is 4.67. The first-order valence-electron chi connectivity index (χ1n) is 7.63. The second-order valence-corrected chi connectivity index (χ2v) is 6.54. The van der Waals surface area contributed by atoms with Crippen LogP contribution in [0, 0.1) is 0 Å². The quantitative estimate of drug-likeness (QED) is 0.645. The molecule has 0 saturated carbocycles. The third-order valence-electron chi connectivity index (χ3n) is 4.18. The lowest BCUT2D eigenvalue weighted by molar-refractivity contribution is 0.0600. The summed E-state index contributed by atoms with van der Waals surface area (Å²) in [5, 5.41) is 0.561. The molecule has 0 spiro atoms. The summed E-state index contributed by atoms with van der Waals surface area (Å²) < 4.78 is 17.6. The fourth-order valence-corrected chi connectivity index (χ4v) is 3.32. The molecule has 132 valence electrons. The highest BCUT2D eigenvalue weighted by Crippen LogP contribution is 2.35. The van der Waals surface area contributed by atoms with Crippen LogP contribution in [0.5, 0.6) is 11.5 Å². The molecule has 1 aliphatic heterocycles. The van der Waals surface area contributed by atoms with Gasteiger partial charge in [-0.25, -0.2) is 4.79 Å². The minimum Gasteiger partial charge on any atom is -0.465 e. The van der Waals surface area contributed by atoms with E-state index >= 15 is 0 Å². The Bertz CT molecular complexity index is 1120. The van der Waals surface area contributed by atoms with E-state index < -0.39 is 11.5 Å². The van der Waals surface area contributed by atoms with Crippen molar-refractivity contribution in [2.24, 2.45) is 0 Å². The number of esters is 1. The number of methoxy groups -OCH3 is 1. The summed E-state index contributed by atoms with van der Waals surface area (Å²) in [6.07, 6.45) is 0. The van der Waals surface area contributed by atoms with Crippen LogP contribution in [0.25, 0.3) is 16.6 Å². The van der Waals surface area contributed by atoms with Crippen LogP contribution in [0.15, 0.2) is 45.7 Å². The van der Waals surface area contributed by atoms with Crippen LogP contribution in [0.3, 0.4) is 0 Å². The van der Waals surface area contributed by atoms with E-state index in [1.54, 1.807) is 36.4 Å². The maximum Gasteiger partial charge on any atom is 0.345 e. The number of aromatic nitrogens is 1. The number of carbonyl (C=O) groups excluding carboxylic acids is 1. The van der Waals surface area contributed by atoms with E-state index in [2.05, 4.69) is 15.9 Å². The number of carbonyl (C=O) groups is 1. The van der Waals surface area contributed by atoms with Crippen LogP contribution >= 0.6 is 15.9 Å². The molecule has 7 nitrogen and oxygen atoms in total. The first kappa shape index (κ1) is 16.5. The van der Waals surface area contributed by atoms with E-state index in [1.165, 1.54) is 11.7 Å². The zero-order chi connectivity index (χ0) is 18.4. The van der Waals surface area contributed by atoms with Gasteiger partial charge in [-0.3, -0.25) is 9.36 Å². The number of hydrogen-bond donors (Lipinski definition) is 1. The normalized spacial score (nSPS) is 12.4. The summed E-state index contributed by atoms with van der Waals surface area (Å²) in [6, 6.07) is 10.4. The Hall–Kier alpha value is -3.00. The molecule has 0 bridgehead atoms. The average Bonchev–Trinajstić information content (AvgIpc) is 3.09. The number of hydrogen-bond acceptors (Lipinski definition) is 6. The molecule has 0 unspecified atom stereocenters. The molecule has 2 N–H and O–H groups in total. The lowest BCUT2D eigenvalue weighted by Gasteiger charge is -2.15. The number of nitrogen functional groups attached to an aromatic ring is 1. The maximum atomic E-state index is 13.1. The highest BCUT2D eigenvalue weighted by Gasteiger charge is 2.23. The second kappa shape index (κ2) is 6.06. The van der Waals surface area contributed by atoms with E-state index in [4.69, 9.17) is 19.9 Å². The minimum atomic E-state index is -0.785. The Labute approximate surface area is 156 Å². The summed E-state index contributed by atoms with van der Waals surface area (Å²) in [7, 11) is 1.21. The van der Waals surface area contributed by atoms with Gasteiger partial charge in [0.1, 0.15) is 5.56 Å². The zero-order valence-electron chi connectivity index (χ0n) is 13.6. The van der Waals surface area contributed by atoms with Crippen LogP contribution in [-0.4, -0.2) is 24.4 Å². The van der Waals surface area contributed by atoms with E-state index in [0.717, 1.165) is 4.47 Å². The first-order chi connectivity index (χ1) is 12.5. The molecule has 26 heavy (non-hydrogen) atoms. The largest absolute Gasteiger partial charge is 0.465 e. The Morgan fingerprint density at radius 1 is 1.19 bits per heavy atom. The molecule has 0 amide bonds. The molecule has 4 rings (SSSR count). The standard InChI is InChI=1S/C18H13BrN2O5/c1-24-18(23)15-16(20)11-4-2-9(19)6-12(11)21(17(15)22)10-3-5-13-14(7-10)26-8-25-13/h2-7H,8,20H2,1H3. The number of benzene rings is 2. The van der Waals surface area contributed by atoms with Crippen molar-refractivity contribution in [1.29, 1.82) is 0 Å². The number of nitrogens with zero attached hydrogens (tertiary/aromatic N) is 1. The fraction of sp³-hybridized carbons (Fsp3) is 0.111. The summed E-state index contributed by atoms with van der Waals surface area (Å²) in [5.74, 6) is 0.330. The highest BCUT2D eigenvalue weighted by atomic mass is 79.9. The van der Waals surface area contributed by atoms with Gasteiger partial charge in [0.2, 0.25) is 6.79 Å². The van der Waals surface area contributed by atoms with Gasteiger partial charge in [0.05, 0.1) is 24.0 Å². The van der Waals surface area contributed by atoms with Crippen molar-refractivity contribution in [1.82, 2.24) is 4.57 Å². The topological polar surface area (TPSA) is 92.8 Å². The van der Waals surface area contributed by atoms with Gasteiger partial charge in [-0.1, -0.05) is 15.9 Å². The van der Waals surface area contributed by atoms with Crippen LogP contribution in [-0.2, 0) is 4.74 Å². The smallest absolute Gasteiger partial charge is 0.345 e. The number of anilines is 1. The van der Waals surface area contributed by atoms with Gasteiger partial charge >= 0.3 is 5.97 Å². The maximum absolute atomic E-state index is 13.1. The molecule has 2 aromatic carbocycles. The number of ether oxygens (including phenoxy) is 3. The van der Waals surface area contributed by atoms with Gasteiger partial charge in [-0.05, 0) is 30.3 Å². The molecule has 0 aliphatic carbocycles. The van der Waals surface area contributed by atoms with Crippen molar-refractivity contribution in [2.75, 3.05) is 19.6 Å². The van der Waals surface area contributed by atoms with E-state index in [-0.39, 0.29) is 18.0 Å². The summed E-state index contributed by atoms with van der Waals surface area (Å²) in [4.78, 5) is 25.3. The number of fused-ring (bicyclic) bond motifs is 2. The molecule has 0 saturated heterocycles. The highest BCUT2D eigenvalue weighted by molar-refractivity contribution is 9.10. The number of nitrogens with two attached hydrogens (primary N) is 1. The Morgan fingerprint density at radius 2 is 1.96 bits per heavy atom. The molecule has 1 aliphatic rings. The van der Waals surface area contributed by atoms with Gasteiger partial charge in [-0.15, -0.1) is 0 Å². The Balaban J connectivity index is 2.12. The number of rotatable bonds is 2. The SMILES string of the molecule is COC(=O)c1c(N)c2ccc(Br)cc2n(-c2ccc3c(c2)OCO3)c1=O. The van der Waals surface area contributed by atoms with Crippen molar-refractivity contribution < 1.29 is 19.0 Å². The minimum absolute atomic E-state index is 0.0846. The fourth-order valence-electron chi connectivity index (χ4n) is 2.97. The molecule has 8 heteroatoms. The molecule has 0 radical (unpaired) electrons. The van der Waals surface area contributed by atoms with Crippen molar-refractivity contribution in [3.05, 3.63) is 56.8 Å². The van der Waals surface area contributed by atoms with Crippen molar-refractivity contribution in [3.63, 3.8) is 0 Å². The summed E-state index contributed by atoms with van der Waals surface area (Å²) in [5.41, 5.74) is 6.49. The van der Waals surface area contributed by atoms with Crippen LogP contribution < -0.4 is 20.8 Å². The monoisotopic (exact) mass is 416 g/mol. The van der Waals surface area contributed by atoms with E-state index in [1.807, 2.05) is 0 Å². The van der Waals surface area contributed by atoms with Gasteiger partial charge in [0.25, 0.3) is 5.56 Å². The Kier molecular flexibility index (Phi) is 3.84. The van der Waals surface area contributed by atoms with Gasteiger partial charge in [-0.2, -0.15) is 0 Å². The van der Waals surface area contributed by atoms with Gasteiger partial charge in [0.15, 0.2) is 11.5 Å². The van der Waals surface area contributed by atoms with Gasteiger partial charge < -0.3 is 19.9 Å². The molecule has 2 heterocycles. The summed E-state index contributed by atoms with van der Waals surface area (Å²) in [6.45, 7) is 0.120. The molecule has 3 aromatic rings. The average molecular weight is 417 g/mol. The lowest BCUT2D eigenvalue weighted by Crippen LogP contribution is -2.28. The van der Waals surface area contributed by atoms with Crippen molar-refractivity contribution in [3.8, 4) is 17.2 Å². The van der Waals surface area contributed by atoms with Crippen molar-refractivity contribution >= 4 is 38.5 Å². The number of pyridine rings is 1. The van der Waals surface area contributed by atoms with E-state index in [0.29, 0.717) is 28.1 Å². The van der Waals surface area contributed by atoms with Crippen molar-refractivity contribution in [2.45, 2.75) is 0 Å². The number of halogens is 1. The van der Waals surface area contributed by atoms with Gasteiger partial charge in [0, 0.05) is 15.9 Å². The Morgan fingerprint density at radius 3 is 2.73 bits per heavy atom. The van der Waals surface area contributed by atoms with Crippen LogP contribution in [0.4, 0.5) is 5.69 Å². The summed E-state index contributed by atoms with van der Waals surface area (Å²) >= 11 is 3.41. The predicted molar refractivity (Wildman–Crippen MR) is 99.1 cm³/mol. The molecule has 1 aromatic heterocycles. The molecule has 0 atom stereocenters. The van der Waals surface area contributed by atoms with E-state index in [9.17, 15) is 9.59 Å². The molecular weight excluding hydrogens is 404 g/mol. The molecular formula is C18H13BrN2O5. The first-order valence-corrected chi connectivity index (χ1v) is 8.42. The predicted octanol–water partition coefficient (Wildman–Crippen LogP) is 2.85. The lowest BCUT2D eigenvalue weighted by atomic mass is 10.1. The zero-order valence-corrected chi connectivity index (χ0v) is 15.2. The van der Waals surface area contributed by atoms with Crippen LogP contribution in [0.2, 0.25) is 0 Å². The third kappa shape index (κ3) is 2.41. The second-order valence-electron chi connectivity index (χ2n) is 5.62. The molecule has 0 fully saturated rings. The van der Waals surface area contributed by atoms with Crippen LogP contribution in [0.1, 0.15) is 10.4 Å².